The second-order valence-electron chi connectivity index (χ2n) is 3.76. The van der Waals surface area contributed by atoms with Gasteiger partial charge in [0.1, 0.15) is 0 Å². The van der Waals surface area contributed by atoms with E-state index in [2.05, 4.69) is 31.9 Å². The number of thiophene rings is 1. The van der Waals surface area contributed by atoms with Gasteiger partial charge < -0.3 is 0 Å². The molecule has 0 bridgehead atoms. The van der Waals surface area contributed by atoms with Crippen LogP contribution in [0.25, 0.3) is 0 Å². The normalized spacial score (nSPS) is 10.5. The molecule has 0 atom stereocenters. The number of hydrogen-bond acceptors (Lipinski definition) is 5. The molecular formula is C11H6Br2N2O4S. The Morgan fingerprint density at radius 1 is 1.40 bits per heavy atom. The lowest BCUT2D eigenvalue weighted by Crippen LogP contribution is -2.24. The predicted octanol–water partition coefficient (Wildman–Crippen LogP) is 3.23. The van der Waals surface area contributed by atoms with Gasteiger partial charge in [-0.05, 0) is 44.0 Å². The summed E-state index contributed by atoms with van der Waals surface area (Å²) in [6.45, 7) is -0.244. The number of nitro groups is 1. The Morgan fingerprint density at radius 2 is 2.10 bits per heavy atom. The van der Waals surface area contributed by atoms with E-state index in [1.807, 2.05) is 0 Å². The lowest BCUT2D eigenvalue weighted by molar-refractivity contribution is -0.385. The summed E-state index contributed by atoms with van der Waals surface area (Å²) in [7, 11) is 0. The number of halogens is 2. The molecule has 2 aromatic heterocycles. The average molecular weight is 422 g/mol. The summed E-state index contributed by atoms with van der Waals surface area (Å²) in [5.41, 5.74) is -0.740. The van der Waals surface area contributed by atoms with Gasteiger partial charge in [-0.1, -0.05) is 0 Å². The van der Waals surface area contributed by atoms with Crippen molar-refractivity contribution >= 4 is 54.7 Å². The third kappa shape index (κ3) is 3.22. The first-order chi connectivity index (χ1) is 9.38. The van der Waals surface area contributed by atoms with Gasteiger partial charge in [0, 0.05) is 6.07 Å². The molecule has 0 aliphatic rings. The van der Waals surface area contributed by atoms with Crippen LogP contribution in [0.2, 0.25) is 0 Å². The lowest BCUT2D eigenvalue weighted by atomic mass is 10.3. The fourth-order valence-corrected chi connectivity index (χ4v) is 3.28. The minimum Gasteiger partial charge on any atom is -0.300 e. The second-order valence-corrected chi connectivity index (χ2v) is 7.08. The number of Topliss-reactive ketones (excluding diaryl/α,β-unsaturated/α-hetero) is 1. The second kappa shape index (κ2) is 5.98. The number of rotatable bonds is 4. The van der Waals surface area contributed by atoms with Crippen molar-refractivity contribution in [2.45, 2.75) is 6.54 Å². The summed E-state index contributed by atoms with van der Waals surface area (Å²) in [5.74, 6) is -0.282. The number of pyridine rings is 1. The highest BCUT2D eigenvalue weighted by atomic mass is 79.9. The SMILES string of the molecule is O=C(Cn1cc([N+](=O)[O-])cc(Br)c1=O)c1ccc(Br)s1. The van der Waals surface area contributed by atoms with Gasteiger partial charge in [-0.2, -0.15) is 0 Å². The molecule has 0 spiro atoms. The number of carbonyl (C=O) groups is 1. The number of hydrogen-bond donors (Lipinski definition) is 0. The Hall–Kier alpha value is -1.32. The summed E-state index contributed by atoms with van der Waals surface area (Å²) in [6, 6.07) is 4.48. The van der Waals surface area contributed by atoms with Gasteiger partial charge in [-0.15, -0.1) is 11.3 Å². The van der Waals surface area contributed by atoms with Crippen molar-refractivity contribution in [1.29, 1.82) is 0 Å². The van der Waals surface area contributed by atoms with Gasteiger partial charge >= 0.3 is 0 Å². The molecule has 0 saturated carbocycles. The predicted molar refractivity (Wildman–Crippen MR) is 81.4 cm³/mol. The van der Waals surface area contributed by atoms with Crippen LogP contribution >= 0.6 is 43.2 Å². The summed E-state index contributed by atoms with van der Waals surface area (Å²) in [5, 5.41) is 10.8. The van der Waals surface area contributed by atoms with Crippen molar-refractivity contribution in [3.05, 3.63) is 58.0 Å². The van der Waals surface area contributed by atoms with Crippen LogP contribution in [0.4, 0.5) is 5.69 Å². The molecule has 20 heavy (non-hydrogen) atoms. The van der Waals surface area contributed by atoms with E-state index >= 15 is 0 Å². The van der Waals surface area contributed by atoms with Crippen LogP contribution in [0.15, 0.2) is 37.4 Å². The minimum absolute atomic E-state index is 0.0480. The first-order valence-electron chi connectivity index (χ1n) is 5.21. The smallest absolute Gasteiger partial charge is 0.286 e. The van der Waals surface area contributed by atoms with Crippen molar-refractivity contribution in [3.63, 3.8) is 0 Å². The molecule has 0 aliphatic carbocycles. The van der Waals surface area contributed by atoms with E-state index in [4.69, 9.17) is 0 Å². The van der Waals surface area contributed by atoms with Gasteiger partial charge in [0.05, 0.1) is 30.8 Å². The molecule has 0 aromatic carbocycles. The summed E-state index contributed by atoms with van der Waals surface area (Å²) >= 11 is 7.45. The summed E-state index contributed by atoms with van der Waals surface area (Å²) in [4.78, 5) is 34.5. The molecule has 104 valence electrons. The highest BCUT2D eigenvalue weighted by Gasteiger charge is 2.16. The monoisotopic (exact) mass is 420 g/mol. The molecule has 2 heterocycles. The van der Waals surface area contributed by atoms with Crippen LogP contribution in [0, 0.1) is 10.1 Å². The van der Waals surface area contributed by atoms with Gasteiger partial charge in [-0.3, -0.25) is 24.3 Å². The number of ketones is 1. The lowest BCUT2D eigenvalue weighted by Gasteiger charge is -2.04. The molecule has 9 heteroatoms. The van der Waals surface area contributed by atoms with E-state index in [1.54, 1.807) is 12.1 Å². The van der Waals surface area contributed by atoms with Crippen molar-refractivity contribution in [2.24, 2.45) is 0 Å². The van der Waals surface area contributed by atoms with E-state index in [0.717, 1.165) is 20.6 Å². The van der Waals surface area contributed by atoms with Gasteiger partial charge in [0.2, 0.25) is 0 Å². The maximum absolute atomic E-state index is 12.0. The van der Waals surface area contributed by atoms with E-state index in [1.165, 1.54) is 11.3 Å². The molecule has 6 nitrogen and oxygen atoms in total. The molecule has 0 aliphatic heterocycles. The zero-order chi connectivity index (χ0) is 14.9. The van der Waals surface area contributed by atoms with Gasteiger partial charge in [0.25, 0.3) is 11.2 Å². The van der Waals surface area contributed by atoms with E-state index in [0.29, 0.717) is 4.88 Å². The topological polar surface area (TPSA) is 82.2 Å². The Balaban J connectivity index is 2.36. The van der Waals surface area contributed by atoms with Crippen LogP contribution in [-0.4, -0.2) is 15.3 Å². The third-order valence-electron chi connectivity index (χ3n) is 2.40. The van der Waals surface area contributed by atoms with Crippen LogP contribution in [0.1, 0.15) is 9.67 Å². The number of carbonyl (C=O) groups excluding carboxylic acids is 1. The third-order valence-corrected chi connectivity index (χ3v) is 4.63. The van der Waals surface area contributed by atoms with Gasteiger partial charge in [0.15, 0.2) is 5.78 Å². The highest BCUT2D eigenvalue weighted by molar-refractivity contribution is 9.11. The quantitative estimate of drug-likeness (QED) is 0.431. The van der Waals surface area contributed by atoms with Crippen LogP contribution in [0.3, 0.4) is 0 Å². The van der Waals surface area contributed by atoms with Crippen molar-refractivity contribution in [3.8, 4) is 0 Å². The first-order valence-corrected chi connectivity index (χ1v) is 7.61. The van der Waals surface area contributed by atoms with E-state index in [9.17, 15) is 19.7 Å². The average Bonchev–Trinajstić information content (AvgIpc) is 2.81. The standard InChI is InChI=1S/C11H6Br2N2O4S/c12-7-3-6(15(18)19)4-14(11(7)17)5-8(16)9-1-2-10(13)20-9/h1-4H,5H2. The maximum atomic E-state index is 12.0. The summed E-state index contributed by atoms with van der Waals surface area (Å²) < 4.78 is 1.87. The number of nitrogens with zero attached hydrogens (tertiary/aromatic N) is 2. The van der Waals surface area contributed by atoms with Crippen molar-refractivity contribution in [1.82, 2.24) is 4.57 Å². The molecule has 0 fully saturated rings. The van der Waals surface area contributed by atoms with Crippen LogP contribution < -0.4 is 5.56 Å². The Labute approximate surface area is 133 Å². The minimum atomic E-state index is -0.618. The Morgan fingerprint density at radius 3 is 2.65 bits per heavy atom. The van der Waals surface area contributed by atoms with E-state index in [-0.39, 0.29) is 22.5 Å². The molecule has 0 N–H and O–H groups in total. The molecule has 2 rings (SSSR count). The zero-order valence-electron chi connectivity index (χ0n) is 9.71. The molecule has 0 saturated heterocycles. The Kier molecular flexibility index (Phi) is 4.51. The zero-order valence-corrected chi connectivity index (χ0v) is 13.7. The molecule has 0 amide bonds. The molecule has 0 radical (unpaired) electrons. The Bertz CT molecular complexity index is 753. The fraction of sp³-hybridized carbons (Fsp3) is 0.0909. The van der Waals surface area contributed by atoms with E-state index < -0.39 is 10.5 Å². The van der Waals surface area contributed by atoms with Gasteiger partial charge in [-0.25, -0.2) is 0 Å². The largest absolute Gasteiger partial charge is 0.300 e. The molecular weight excluding hydrogens is 416 g/mol. The summed E-state index contributed by atoms with van der Waals surface area (Å²) in [6.07, 6.45) is 1.06. The van der Waals surface area contributed by atoms with Crippen molar-refractivity contribution in [2.75, 3.05) is 0 Å². The molecule has 0 unspecified atom stereocenters. The first kappa shape index (κ1) is 15.1. The fourth-order valence-electron chi connectivity index (χ4n) is 1.50. The highest BCUT2D eigenvalue weighted by Crippen LogP contribution is 2.23. The number of aromatic nitrogens is 1. The van der Waals surface area contributed by atoms with Crippen LogP contribution in [-0.2, 0) is 6.54 Å². The molecule has 2 aromatic rings. The van der Waals surface area contributed by atoms with Crippen LogP contribution in [0.5, 0.6) is 0 Å². The maximum Gasteiger partial charge on any atom is 0.286 e. The van der Waals surface area contributed by atoms with Crippen molar-refractivity contribution < 1.29 is 9.72 Å².